The molecule has 4 rings (SSSR count). The fraction of sp³-hybridized carbons (Fsp3) is 0.263. The Morgan fingerprint density at radius 3 is 3.04 bits per heavy atom. The van der Waals surface area contributed by atoms with Crippen LogP contribution in [0.1, 0.15) is 24.4 Å². The number of nitrogens with zero attached hydrogens (tertiary/aromatic N) is 1. The predicted octanol–water partition coefficient (Wildman–Crippen LogP) is 3.64. The third kappa shape index (κ3) is 3.20. The second-order valence-electron chi connectivity index (χ2n) is 6.33. The number of para-hydroxylation sites is 2. The van der Waals surface area contributed by atoms with E-state index >= 15 is 0 Å². The van der Waals surface area contributed by atoms with Gasteiger partial charge in [-0.15, -0.1) is 0 Å². The molecule has 2 aromatic carbocycles. The lowest BCUT2D eigenvalue weighted by molar-refractivity contribution is -0.127. The Morgan fingerprint density at radius 1 is 1.36 bits per heavy atom. The summed E-state index contributed by atoms with van der Waals surface area (Å²) in [6, 6.07) is 13.1. The lowest BCUT2D eigenvalue weighted by Gasteiger charge is -2.25. The van der Waals surface area contributed by atoms with Crippen LogP contribution in [-0.2, 0) is 11.2 Å². The largest absolute Gasteiger partial charge is 0.492 e. The van der Waals surface area contributed by atoms with Crippen LogP contribution in [0.25, 0.3) is 11.0 Å². The smallest absolute Gasteiger partial charge is 0.227 e. The molecule has 0 spiro atoms. The van der Waals surface area contributed by atoms with Crippen molar-refractivity contribution in [1.29, 1.82) is 0 Å². The highest BCUT2D eigenvalue weighted by atomic mass is 35.5. The van der Waals surface area contributed by atoms with Gasteiger partial charge < -0.3 is 15.0 Å². The molecular formula is C19H18ClN3O2. The first-order chi connectivity index (χ1) is 12.1. The van der Waals surface area contributed by atoms with Crippen molar-refractivity contribution in [3.8, 4) is 5.75 Å². The summed E-state index contributed by atoms with van der Waals surface area (Å²) in [5, 5.41) is 3.68. The molecule has 0 saturated heterocycles. The Balaban J connectivity index is 1.46. The molecule has 2 N–H and O–H groups in total. The molecule has 1 aliphatic heterocycles. The van der Waals surface area contributed by atoms with Gasteiger partial charge in [0, 0.05) is 5.02 Å². The SMILES string of the molecule is C[C@H](NC(=O)[C@@H]1COc2ccc(Cl)cc2C1)c1nc2ccccc2[nH]1. The molecule has 5 nitrogen and oxygen atoms in total. The number of ether oxygens (including phenoxy) is 1. The highest BCUT2D eigenvalue weighted by Gasteiger charge is 2.27. The third-order valence-electron chi connectivity index (χ3n) is 4.48. The van der Waals surface area contributed by atoms with Crippen LogP contribution in [0.4, 0.5) is 0 Å². The van der Waals surface area contributed by atoms with Crippen LogP contribution in [0.5, 0.6) is 5.75 Å². The van der Waals surface area contributed by atoms with Gasteiger partial charge in [0.25, 0.3) is 0 Å². The van der Waals surface area contributed by atoms with E-state index in [1.54, 1.807) is 6.07 Å². The van der Waals surface area contributed by atoms with Gasteiger partial charge in [0.05, 0.1) is 23.0 Å². The molecule has 0 aliphatic carbocycles. The molecular weight excluding hydrogens is 338 g/mol. The summed E-state index contributed by atoms with van der Waals surface area (Å²) in [5.74, 6) is 1.27. The van der Waals surface area contributed by atoms with Gasteiger partial charge in [-0.25, -0.2) is 4.98 Å². The van der Waals surface area contributed by atoms with Crippen LogP contribution < -0.4 is 10.1 Å². The van der Waals surface area contributed by atoms with Crippen LogP contribution in [0.15, 0.2) is 42.5 Å². The van der Waals surface area contributed by atoms with E-state index in [0.29, 0.717) is 18.1 Å². The lowest BCUT2D eigenvalue weighted by Crippen LogP contribution is -2.38. The van der Waals surface area contributed by atoms with Crippen LogP contribution in [0.3, 0.4) is 0 Å². The first-order valence-corrected chi connectivity index (χ1v) is 8.64. The summed E-state index contributed by atoms with van der Waals surface area (Å²) in [4.78, 5) is 20.4. The monoisotopic (exact) mass is 355 g/mol. The number of carbonyl (C=O) groups excluding carboxylic acids is 1. The second kappa shape index (κ2) is 6.41. The van der Waals surface area contributed by atoms with E-state index in [0.717, 1.165) is 28.2 Å². The van der Waals surface area contributed by atoms with Gasteiger partial charge in [-0.05, 0) is 49.2 Å². The highest BCUT2D eigenvalue weighted by molar-refractivity contribution is 6.30. The summed E-state index contributed by atoms with van der Waals surface area (Å²) in [5.41, 5.74) is 2.82. The maximum atomic E-state index is 12.6. The van der Waals surface area contributed by atoms with Gasteiger partial charge in [0.1, 0.15) is 18.2 Å². The number of fused-ring (bicyclic) bond motifs is 2. The van der Waals surface area contributed by atoms with Crippen molar-refractivity contribution in [2.24, 2.45) is 5.92 Å². The number of hydrogen-bond acceptors (Lipinski definition) is 3. The van der Waals surface area contributed by atoms with Gasteiger partial charge in [-0.2, -0.15) is 0 Å². The lowest BCUT2D eigenvalue weighted by atomic mass is 9.96. The molecule has 1 aromatic heterocycles. The van der Waals surface area contributed by atoms with Crippen molar-refractivity contribution in [2.45, 2.75) is 19.4 Å². The average molecular weight is 356 g/mol. The van der Waals surface area contributed by atoms with E-state index in [-0.39, 0.29) is 17.9 Å². The van der Waals surface area contributed by atoms with E-state index in [4.69, 9.17) is 16.3 Å². The molecule has 6 heteroatoms. The molecule has 2 atom stereocenters. The first-order valence-electron chi connectivity index (χ1n) is 8.26. The summed E-state index contributed by atoms with van der Waals surface area (Å²) in [6.45, 7) is 2.29. The van der Waals surface area contributed by atoms with Gasteiger partial charge in [0.15, 0.2) is 0 Å². The number of benzene rings is 2. The number of imidazole rings is 1. The minimum atomic E-state index is -0.238. The molecule has 3 aromatic rings. The Hall–Kier alpha value is -2.53. The highest BCUT2D eigenvalue weighted by Crippen LogP contribution is 2.30. The van der Waals surface area contributed by atoms with Crippen molar-refractivity contribution in [3.63, 3.8) is 0 Å². The molecule has 0 bridgehead atoms. The molecule has 0 fully saturated rings. The minimum absolute atomic E-state index is 0.0430. The number of carbonyl (C=O) groups is 1. The number of aromatic nitrogens is 2. The van der Waals surface area contributed by atoms with Crippen LogP contribution >= 0.6 is 11.6 Å². The van der Waals surface area contributed by atoms with Gasteiger partial charge >= 0.3 is 0 Å². The summed E-state index contributed by atoms with van der Waals surface area (Å²) in [6.07, 6.45) is 0.620. The number of amides is 1. The van der Waals surface area contributed by atoms with E-state index in [9.17, 15) is 4.79 Å². The van der Waals surface area contributed by atoms with Crippen molar-refractivity contribution in [1.82, 2.24) is 15.3 Å². The predicted molar refractivity (Wildman–Crippen MR) is 96.8 cm³/mol. The third-order valence-corrected chi connectivity index (χ3v) is 4.71. The first kappa shape index (κ1) is 16.0. The van der Waals surface area contributed by atoms with E-state index in [2.05, 4.69) is 15.3 Å². The summed E-state index contributed by atoms with van der Waals surface area (Å²) >= 11 is 6.04. The van der Waals surface area contributed by atoms with E-state index in [1.165, 1.54) is 0 Å². The Kier molecular flexibility index (Phi) is 4.09. The Bertz CT molecular complexity index is 904. The fourth-order valence-electron chi connectivity index (χ4n) is 3.11. The maximum absolute atomic E-state index is 12.6. The molecule has 25 heavy (non-hydrogen) atoms. The molecule has 2 heterocycles. The van der Waals surface area contributed by atoms with Crippen molar-refractivity contribution in [2.75, 3.05) is 6.61 Å². The Morgan fingerprint density at radius 2 is 2.20 bits per heavy atom. The average Bonchev–Trinajstić information content (AvgIpc) is 3.05. The zero-order valence-electron chi connectivity index (χ0n) is 13.8. The van der Waals surface area contributed by atoms with Crippen molar-refractivity contribution < 1.29 is 9.53 Å². The number of hydrogen-bond donors (Lipinski definition) is 2. The minimum Gasteiger partial charge on any atom is -0.492 e. The van der Waals surface area contributed by atoms with Crippen molar-refractivity contribution in [3.05, 3.63) is 58.9 Å². The summed E-state index contributed by atoms with van der Waals surface area (Å²) in [7, 11) is 0. The zero-order valence-corrected chi connectivity index (χ0v) is 14.5. The molecule has 0 radical (unpaired) electrons. The van der Waals surface area contributed by atoms with E-state index in [1.807, 2.05) is 43.3 Å². The molecule has 128 valence electrons. The number of nitrogens with one attached hydrogen (secondary N) is 2. The van der Waals surface area contributed by atoms with Crippen LogP contribution in [0.2, 0.25) is 5.02 Å². The van der Waals surface area contributed by atoms with Gasteiger partial charge in [0.2, 0.25) is 5.91 Å². The van der Waals surface area contributed by atoms with Gasteiger partial charge in [-0.1, -0.05) is 23.7 Å². The molecule has 0 unspecified atom stereocenters. The Labute approximate surface area is 150 Å². The topological polar surface area (TPSA) is 67.0 Å². The van der Waals surface area contributed by atoms with Gasteiger partial charge in [-0.3, -0.25) is 4.79 Å². The number of aromatic amines is 1. The molecule has 1 amide bonds. The maximum Gasteiger partial charge on any atom is 0.227 e. The standard InChI is InChI=1S/C19H18ClN3O2/c1-11(18-22-15-4-2-3-5-16(15)23-18)21-19(24)13-8-12-9-14(20)6-7-17(12)25-10-13/h2-7,9,11,13H,8,10H2,1H3,(H,21,24)(H,22,23)/t11-,13-/m0/s1. The van der Waals surface area contributed by atoms with E-state index < -0.39 is 0 Å². The van der Waals surface area contributed by atoms with Crippen molar-refractivity contribution >= 4 is 28.5 Å². The number of H-pyrrole nitrogens is 1. The molecule has 1 aliphatic rings. The zero-order chi connectivity index (χ0) is 17.4. The number of rotatable bonds is 3. The number of halogens is 1. The van der Waals surface area contributed by atoms with Crippen LogP contribution in [-0.4, -0.2) is 22.5 Å². The normalized spacial score (nSPS) is 17.6. The van der Waals surface area contributed by atoms with Crippen LogP contribution in [0, 0.1) is 5.92 Å². The summed E-state index contributed by atoms with van der Waals surface area (Å²) < 4.78 is 5.70. The second-order valence-corrected chi connectivity index (χ2v) is 6.77. The quantitative estimate of drug-likeness (QED) is 0.753. The molecule has 0 saturated carbocycles. The fourth-order valence-corrected chi connectivity index (χ4v) is 3.30.